The minimum absolute atomic E-state index is 0.0175. The van der Waals surface area contributed by atoms with Crippen LogP contribution in [0.5, 0.6) is 0 Å². The van der Waals surface area contributed by atoms with Gasteiger partial charge in [-0.1, -0.05) is 42.0 Å². The van der Waals surface area contributed by atoms with Gasteiger partial charge in [0.1, 0.15) is 0 Å². The van der Waals surface area contributed by atoms with E-state index in [-0.39, 0.29) is 43.0 Å². The van der Waals surface area contributed by atoms with E-state index in [1.54, 1.807) is 34.1 Å². The van der Waals surface area contributed by atoms with Crippen molar-refractivity contribution in [1.29, 1.82) is 0 Å². The maximum atomic E-state index is 13.2. The number of urea groups is 1. The maximum Gasteiger partial charge on any atom is 0.324 e. The molecule has 3 rings (SSSR count). The zero-order valence-corrected chi connectivity index (χ0v) is 17.2. The molecule has 0 aromatic heterocycles. The van der Waals surface area contributed by atoms with Gasteiger partial charge in [0, 0.05) is 24.3 Å². The van der Waals surface area contributed by atoms with Crippen molar-refractivity contribution in [3.05, 3.63) is 65.2 Å². The molecule has 1 fully saturated rings. The molecule has 0 aliphatic carbocycles. The molecule has 0 saturated carbocycles. The SMILES string of the molecule is Cc1ccc(N(Cc2ccc(C(=O)CN)cc2)C(=O)N2CCS(=O)(=O)CC2)cc1. The van der Waals surface area contributed by atoms with E-state index >= 15 is 0 Å². The van der Waals surface area contributed by atoms with Crippen LogP contribution in [-0.2, 0) is 16.4 Å². The zero-order chi connectivity index (χ0) is 21.0. The van der Waals surface area contributed by atoms with E-state index < -0.39 is 9.84 Å². The molecule has 0 atom stereocenters. The predicted octanol–water partition coefficient (Wildman–Crippen LogP) is 1.99. The second-order valence-electron chi connectivity index (χ2n) is 7.17. The van der Waals surface area contributed by atoms with Gasteiger partial charge in [0.2, 0.25) is 0 Å². The van der Waals surface area contributed by atoms with Crippen molar-refractivity contribution in [2.45, 2.75) is 13.5 Å². The number of Topliss-reactive ketones (excluding diaryl/α,β-unsaturated/α-hetero) is 1. The first kappa shape index (κ1) is 21.0. The van der Waals surface area contributed by atoms with E-state index in [0.717, 1.165) is 16.8 Å². The molecule has 0 bridgehead atoms. The van der Waals surface area contributed by atoms with Gasteiger partial charge in [0.15, 0.2) is 15.6 Å². The lowest BCUT2D eigenvalue weighted by Crippen LogP contribution is -2.49. The van der Waals surface area contributed by atoms with Gasteiger partial charge >= 0.3 is 6.03 Å². The Morgan fingerprint density at radius 2 is 1.59 bits per heavy atom. The van der Waals surface area contributed by atoms with Crippen molar-refractivity contribution < 1.29 is 18.0 Å². The van der Waals surface area contributed by atoms with Crippen LogP contribution in [0.1, 0.15) is 21.5 Å². The number of aryl methyl sites for hydroxylation is 1. The standard InChI is InChI=1S/C21H25N3O4S/c1-16-2-8-19(9-3-16)24(21(26)23-10-12-29(27,28)13-11-23)15-17-4-6-18(7-5-17)20(25)14-22/h2-9H,10-15,22H2,1H3. The van der Waals surface area contributed by atoms with E-state index in [2.05, 4.69) is 0 Å². The largest absolute Gasteiger partial charge is 0.324 e. The van der Waals surface area contributed by atoms with Crippen LogP contribution in [0.2, 0.25) is 0 Å². The predicted molar refractivity (Wildman–Crippen MR) is 113 cm³/mol. The Labute approximate surface area is 171 Å². The van der Waals surface area contributed by atoms with E-state index in [1.165, 1.54) is 0 Å². The lowest BCUT2D eigenvalue weighted by Gasteiger charge is -2.33. The van der Waals surface area contributed by atoms with Crippen molar-refractivity contribution >= 4 is 27.3 Å². The van der Waals surface area contributed by atoms with Crippen LogP contribution in [0.25, 0.3) is 0 Å². The summed E-state index contributed by atoms with van der Waals surface area (Å²) >= 11 is 0. The van der Waals surface area contributed by atoms with Crippen molar-refractivity contribution in [2.75, 3.05) is 36.0 Å². The fraction of sp³-hybridized carbons (Fsp3) is 0.333. The highest BCUT2D eigenvalue weighted by atomic mass is 32.2. The van der Waals surface area contributed by atoms with E-state index in [1.807, 2.05) is 31.2 Å². The molecule has 154 valence electrons. The lowest BCUT2D eigenvalue weighted by atomic mass is 10.1. The van der Waals surface area contributed by atoms with Crippen molar-refractivity contribution in [1.82, 2.24) is 4.90 Å². The highest BCUT2D eigenvalue weighted by Gasteiger charge is 2.29. The summed E-state index contributed by atoms with van der Waals surface area (Å²) in [7, 11) is -3.07. The molecule has 1 saturated heterocycles. The molecule has 2 amide bonds. The number of nitrogens with zero attached hydrogens (tertiary/aromatic N) is 2. The third kappa shape index (κ3) is 5.21. The van der Waals surface area contributed by atoms with E-state index in [4.69, 9.17) is 5.73 Å². The lowest BCUT2D eigenvalue weighted by molar-refractivity contribution is 0.100. The van der Waals surface area contributed by atoms with Gasteiger partial charge in [-0.3, -0.25) is 9.69 Å². The molecular formula is C21H25N3O4S. The summed E-state index contributed by atoms with van der Waals surface area (Å²) in [6, 6.07) is 14.4. The Bertz CT molecular complexity index is 972. The number of sulfone groups is 1. The molecule has 29 heavy (non-hydrogen) atoms. The number of hydrogen-bond donors (Lipinski definition) is 1. The van der Waals surface area contributed by atoms with Crippen LogP contribution in [0.3, 0.4) is 0 Å². The van der Waals surface area contributed by atoms with Crippen molar-refractivity contribution in [3.8, 4) is 0 Å². The van der Waals surface area contributed by atoms with Gasteiger partial charge in [-0.15, -0.1) is 0 Å². The van der Waals surface area contributed by atoms with Crippen LogP contribution in [-0.4, -0.2) is 56.3 Å². The average molecular weight is 416 g/mol. The van der Waals surface area contributed by atoms with Gasteiger partial charge in [0.05, 0.1) is 24.6 Å². The third-order valence-corrected chi connectivity index (χ3v) is 6.60. The highest BCUT2D eigenvalue weighted by Crippen LogP contribution is 2.21. The molecule has 2 N–H and O–H groups in total. The highest BCUT2D eigenvalue weighted by molar-refractivity contribution is 7.91. The molecular weight excluding hydrogens is 390 g/mol. The fourth-order valence-corrected chi connectivity index (χ4v) is 4.37. The zero-order valence-electron chi connectivity index (χ0n) is 16.4. The quantitative estimate of drug-likeness (QED) is 0.753. The molecule has 1 aliphatic rings. The van der Waals surface area contributed by atoms with Crippen LogP contribution < -0.4 is 10.6 Å². The van der Waals surface area contributed by atoms with Crippen molar-refractivity contribution in [3.63, 3.8) is 0 Å². The number of nitrogens with two attached hydrogens (primary N) is 1. The van der Waals surface area contributed by atoms with Crippen LogP contribution in [0.15, 0.2) is 48.5 Å². The molecule has 2 aromatic carbocycles. The van der Waals surface area contributed by atoms with Gasteiger partial charge in [0.25, 0.3) is 0 Å². The van der Waals surface area contributed by atoms with Crippen LogP contribution in [0, 0.1) is 6.92 Å². The molecule has 2 aromatic rings. The Balaban J connectivity index is 1.84. The molecule has 7 nitrogen and oxygen atoms in total. The number of amides is 2. The maximum absolute atomic E-state index is 13.2. The Morgan fingerprint density at radius 3 is 2.14 bits per heavy atom. The summed E-state index contributed by atoms with van der Waals surface area (Å²) < 4.78 is 23.4. The summed E-state index contributed by atoms with van der Waals surface area (Å²) in [5, 5.41) is 0. The number of rotatable bonds is 5. The number of benzene rings is 2. The number of hydrogen-bond acceptors (Lipinski definition) is 5. The molecule has 1 aliphatic heterocycles. The number of ketones is 1. The van der Waals surface area contributed by atoms with Crippen molar-refractivity contribution in [2.24, 2.45) is 5.73 Å². The summed E-state index contributed by atoms with van der Waals surface area (Å²) in [5.74, 6) is -0.176. The first-order valence-electron chi connectivity index (χ1n) is 9.45. The summed E-state index contributed by atoms with van der Waals surface area (Å²) in [6.07, 6.45) is 0. The minimum Gasteiger partial charge on any atom is -0.324 e. The molecule has 0 radical (unpaired) electrons. The number of anilines is 1. The van der Waals surface area contributed by atoms with Gasteiger partial charge < -0.3 is 10.6 Å². The summed E-state index contributed by atoms with van der Waals surface area (Å²) in [5.41, 5.74) is 8.60. The monoisotopic (exact) mass is 415 g/mol. The second-order valence-corrected chi connectivity index (χ2v) is 9.47. The second kappa shape index (κ2) is 8.75. The summed E-state index contributed by atoms with van der Waals surface area (Å²) in [6.45, 7) is 2.60. The first-order valence-corrected chi connectivity index (χ1v) is 11.3. The first-order chi connectivity index (χ1) is 13.8. The smallest absolute Gasteiger partial charge is 0.324 e. The van der Waals surface area contributed by atoms with Gasteiger partial charge in [-0.25, -0.2) is 13.2 Å². The molecule has 0 unspecified atom stereocenters. The number of carbonyl (C=O) groups excluding carboxylic acids is 2. The topological polar surface area (TPSA) is 101 Å². The molecule has 1 heterocycles. The van der Waals surface area contributed by atoms with Crippen LogP contribution in [0.4, 0.5) is 10.5 Å². The Hall–Kier alpha value is -2.71. The van der Waals surface area contributed by atoms with E-state index in [9.17, 15) is 18.0 Å². The summed E-state index contributed by atoms with van der Waals surface area (Å²) in [4.78, 5) is 28.1. The van der Waals surface area contributed by atoms with Gasteiger partial charge in [-0.2, -0.15) is 0 Å². The molecule has 0 spiro atoms. The fourth-order valence-electron chi connectivity index (χ4n) is 3.16. The normalized spacial score (nSPS) is 15.7. The van der Waals surface area contributed by atoms with Gasteiger partial charge in [-0.05, 0) is 24.6 Å². The third-order valence-electron chi connectivity index (χ3n) is 4.99. The minimum atomic E-state index is -3.07. The van der Waals surface area contributed by atoms with E-state index in [0.29, 0.717) is 12.1 Å². The number of carbonyl (C=O) groups is 2. The Kier molecular flexibility index (Phi) is 6.34. The van der Waals surface area contributed by atoms with Crippen LogP contribution >= 0.6 is 0 Å². The molecule has 8 heteroatoms. The Morgan fingerprint density at radius 1 is 1.00 bits per heavy atom. The average Bonchev–Trinajstić information content (AvgIpc) is 2.72.